The Morgan fingerprint density at radius 3 is 0.700 bits per heavy atom. The fraction of sp³-hybridized carbons (Fsp3) is 0. The van der Waals surface area contributed by atoms with Crippen LogP contribution >= 0.6 is 0 Å². The summed E-state index contributed by atoms with van der Waals surface area (Å²) in [6.45, 7) is 0. The van der Waals surface area contributed by atoms with Gasteiger partial charge < -0.3 is 30.3 Å². The summed E-state index contributed by atoms with van der Waals surface area (Å²) in [5, 5.41) is 27.0. The molecule has 0 heterocycles. The molecule has 57 valence electrons. The van der Waals surface area contributed by atoms with E-state index in [1.54, 1.807) is 0 Å². The maximum atomic E-state index is 8.00. The van der Waals surface area contributed by atoms with Crippen LogP contribution in [-0.2, 0) is 0 Å². The quantitative estimate of drug-likeness (QED) is 0.286. The molecule has 0 bridgehead atoms. The highest BCUT2D eigenvalue weighted by Crippen LogP contribution is 1.34. The number of rotatable bonds is 0. The Balaban J connectivity index is -0.0000000257. The van der Waals surface area contributed by atoms with Crippen LogP contribution in [0.1, 0.15) is 0 Å². The van der Waals surface area contributed by atoms with E-state index < -0.39 is 0 Å². The second-order valence-electron chi connectivity index (χ2n) is 0.224. The summed E-state index contributed by atoms with van der Waals surface area (Å²) in [4.78, 5) is 24.0. The standard InChI is InChI=1S/Al.3HNO2/c;3*2-1-3/h;3*(H,2,3)/p-3. The monoisotopic (exact) mass is 165 g/mol. The Labute approximate surface area is 64.6 Å². The van der Waals surface area contributed by atoms with Crippen LogP contribution in [0, 0.1) is 30.3 Å². The number of hydrogen-bond donors (Lipinski definition) is 0. The van der Waals surface area contributed by atoms with Gasteiger partial charge in [0.05, 0.1) is 0 Å². The van der Waals surface area contributed by atoms with E-state index in [0.717, 1.165) is 16.0 Å². The van der Waals surface area contributed by atoms with Crippen LogP contribution in [0.4, 0.5) is 0 Å². The zero-order chi connectivity index (χ0) is 8.12. The fourth-order valence-electron chi connectivity index (χ4n) is 0. The molecule has 0 aliphatic heterocycles. The summed E-state index contributed by atoms with van der Waals surface area (Å²) in [5.41, 5.74) is 0. The van der Waals surface area contributed by atoms with Gasteiger partial charge in [0.15, 0.2) is 0 Å². The highest BCUT2D eigenvalue weighted by Gasteiger charge is 0.964. The van der Waals surface area contributed by atoms with Crippen LogP contribution in [0.25, 0.3) is 0 Å². The van der Waals surface area contributed by atoms with Crippen molar-refractivity contribution in [1.29, 1.82) is 0 Å². The van der Waals surface area contributed by atoms with Gasteiger partial charge in [0, 0.05) is 17.4 Å². The predicted molar refractivity (Wildman–Crippen MR) is 33.2 cm³/mol. The Hall–Kier alpha value is -1.27. The molecule has 0 rings (SSSR count). The van der Waals surface area contributed by atoms with Gasteiger partial charge in [-0.3, -0.25) is 0 Å². The normalized spacial score (nSPS) is 3.60. The van der Waals surface area contributed by atoms with Crippen molar-refractivity contribution in [3.8, 4) is 0 Å². The third-order valence-corrected chi connectivity index (χ3v) is 0. The number of nitrogens with zero attached hydrogens (tertiary/aromatic N) is 3. The van der Waals surface area contributed by atoms with Crippen molar-refractivity contribution in [2.24, 2.45) is 16.0 Å². The first-order valence-corrected chi connectivity index (χ1v) is 1.10. The zero-order valence-electron chi connectivity index (χ0n) is 4.37. The molecule has 0 saturated carbocycles. The van der Waals surface area contributed by atoms with Crippen molar-refractivity contribution in [2.45, 2.75) is 0 Å². The van der Waals surface area contributed by atoms with Crippen molar-refractivity contribution < 1.29 is 0 Å². The van der Waals surface area contributed by atoms with Crippen LogP contribution in [-0.4, -0.2) is 17.4 Å². The highest BCUT2D eigenvalue weighted by molar-refractivity contribution is 5.75. The van der Waals surface area contributed by atoms with Gasteiger partial charge in [-0.2, -0.15) is 0 Å². The summed E-state index contributed by atoms with van der Waals surface area (Å²) in [6, 6.07) is 0. The largest absolute Gasteiger partial charge is 0.444 e. The average Bonchev–Trinajstić information content (AvgIpc) is 1.70. The summed E-state index contributed by atoms with van der Waals surface area (Å²) < 4.78 is 0. The van der Waals surface area contributed by atoms with Gasteiger partial charge in [0.25, 0.3) is 0 Å². The molecule has 10 heteroatoms. The Morgan fingerprint density at radius 1 is 0.700 bits per heavy atom. The van der Waals surface area contributed by atoms with Gasteiger partial charge in [-0.25, -0.2) is 0 Å². The summed E-state index contributed by atoms with van der Waals surface area (Å²) in [6.07, 6.45) is 0. The van der Waals surface area contributed by atoms with Crippen LogP contribution in [0.15, 0.2) is 16.0 Å². The lowest BCUT2D eigenvalue weighted by atomic mass is 13.4. The fourth-order valence-corrected chi connectivity index (χ4v) is 0. The molecule has 0 atom stereocenters. The first kappa shape index (κ1) is 23.3. The maximum absolute atomic E-state index is 8.00. The first-order chi connectivity index (χ1) is 4.24. The molecule has 0 fully saturated rings. The predicted octanol–water partition coefficient (Wildman–Crippen LogP) is 0.371. The maximum Gasteiger partial charge on any atom is 0 e. The van der Waals surface area contributed by atoms with Crippen LogP contribution < -0.4 is 0 Å². The molecule has 0 aliphatic carbocycles. The Kier molecular flexibility index (Phi) is 272. The topological polar surface area (TPSA) is 157 Å². The Bertz CT molecular complexity index is 49.7. The molecule has 0 saturated heterocycles. The third kappa shape index (κ3) is 138. The van der Waals surface area contributed by atoms with Crippen LogP contribution in [0.5, 0.6) is 0 Å². The van der Waals surface area contributed by atoms with Crippen molar-refractivity contribution in [3.63, 3.8) is 0 Å². The lowest BCUT2D eigenvalue weighted by molar-refractivity contribution is 1.59. The average molecular weight is 165 g/mol. The summed E-state index contributed by atoms with van der Waals surface area (Å²) in [5.74, 6) is 0. The van der Waals surface area contributed by atoms with Crippen molar-refractivity contribution in [3.05, 3.63) is 30.3 Å². The second kappa shape index (κ2) is 117. The lowest BCUT2D eigenvalue weighted by Crippen LogP contribution is -1.12. The summed E-state index contributed by atoms with van der Waals surface area (Å²) >= 11 is 0. The van der Waals surface area contributed by atoms with Gasteiger partial charge in [-0.1, -0.05) is 0 Å². The molecular formula is AlN3O6-3. The molecule has 0 aromatic heterocycles. The van der Waals surface area contributed by atoms with E-state index in [1.807, 2.05) is 0 Å². The van der Waals surface area contributed by atoms with E-state index in [1.165, 1.54) is 0 Å². The van der Waals surface area contributed by atoms with Crippen molar-refractivity contribution >= 4 is 17.4 Å². The van der Waals surface area contributed by atoms with E-state index in [9.17, 15) is 0 Å². The Morgan fingerprint density at radius 2 is 0.700 bits per heavy atom. The van der Waals surface area contributed by atoms with Crippen molar-refractivity contribution in [2.75, 3.05) is 0 Å². The third-order valence-electron chi connectivity index (χ3n) is 0. The van der Waals surface area contributed by atoms with E-state index in [-0.39, 0.29) is 17.4 Å². The minimum atomic E-state index is 0. The minimum Gasteiger partial charge on any atom is -0.444 e. The molecule has 0 aromatic rings. The lowest BCUT2D eigenvalue weighted by Gasteiger charge is -1.51. The van der Waals surface area contributed by atoms with Crippen LogP contribution in [0.3, 0.4) is 0 Å². The molecular weight excluding hydrogens is 165 g/mol. The molecule has 0 aromatic carbocycles. The van der Waals surface area contributed by atoms with Gasteiger partial charge in [0.2, 0.25) is 0 Å². The molecule has 0 N–H and O–H groups in total. The number of hydrogen-bond acceptors (Lipinski definition) is 9. The molecule has 10 heavy (non-hydrogen) atoms. The second-order valence-corrected chi connectivity index (χ2v) is 0.224. The summed E-state index contributed by atoms with van der Waals surface area (Å²) in [7, 11) is 0. The van der Waals surface area contributed by atoms with E-state index in [4.69, 9.17) is 30.3 Å². The smallest absolute Gasteiger partial charge is 0 e. The molecule has 0 unspecified atom stereocenters. The highest BCUT2D eigenvalue weighted by atomic mass is 27.0. The first-order valence-electron chi connectivity index (χ1n) is 1.10. The SMILES string of the molecule is O=N[O-].O=N[O-].O=N[O-].[Al]. The van der Waals surface area contributed by atoms with Gasteiger partial charge in [-0.15, -0.1) is 16.0 Å². The van der Waals surface area contributed by atoms with Crippen molar-refractivity contribution in [1.82, 2.24) is 0 Å². The van der Waals surface area contributed by atoms with E-state index in [0.29, 0.717) is 0 Å². The van der Waals surface area contributed by atoms with E-state index >= 15 is 0 Å². The minimum absolute atomic E-state index is 0. The molecule has 0 amide bonds. The molecule has 3 radical (unpaired) electrons. The van der Waals surface area contributed by atoms with Gasteiger partial charge in [0.1, 0.15) is 0 Å². The molecule has 9 nitrogen and oxygen atoms in total. The molecule has 0 aliphatic rings. The van der Waals surface area contributed by atoms with Gasteiger partial charge >= 0.3 is 0 Å². The van der Waals surface area contributed by atoms with E-state index in [2.05, 4.69) is 0 Å². The zero-order valence-corrected chi connectivity index (χ0v) is 5.52. The molecule has 0 spiro atoms. The van der Waals surface area contributed by atoms with Crippen LogP contribution in [0.2, 0.25) is 0 Å². The van der Waals surface area contributed by atoms with Gasteiger partial charge in [-0.05, 0) is 0 Å².